The summed E-state index contributed by atoms with van der Waals surface area (Å²) < 4.78 is 35.3. The number of anilines is 1. The molecule has 12 heteroatoms. The van der Waals surface area contributed by atoms with Gasteiger partial charge in [-0.25, -0.2) is 27.6 Å². The van der Waals surface area contributed by atoms with Gasteiger partial charge >= 0.3 is 11.7 Å². The molecule has 0 amide bonds. The van der Waals surface area contributed by atoms with E-state index in [2.05, 4.69) is 9.97 Å². The largest absolute Gasteiger partial charge is 0.495 e. The van der Waals surface area contributed by atoms with E-state index < -0.39 is 21.7 Å². The number of pyridine rings is 1. The zero-order valence-electron chi connectivity index (χ0n) is 19.6. The van der Waals surface area contributed by atoms with Crippen LogP contribution in [0.25, 0.3) is 16.9 Å². The number of methoxy groups -OCH3 is 1. The molecule has 2 aromatic carbocycles. The number of carboxylic acid groups (broad SMARTS) is 1. The number of halogens is 1. The van der Waals surface area contributed by atoms with Crippen LogP contribution >= 0.6 is 11.6 Å². The third kappa shape index (κ3) is 4.31. The molecular formula is C24H23ClN4O6S. The van der Waals surface area contributed by atoms with E-state index >= 15 is 0 Å². The SMILES string of the molecule is CCCN(c1ccccc1OC)S(=O)(=O)c1ccc(Cl)c(-n2c(=O)[nH]c3c(C)cc(C(=O)O)nc32)c1. The molecule has 0 saturated heterocycles. The fourth-order valence-corrected chi connectivity index (χ4v) is 5.71. The Labute approximate surface area is 211 Å². The summed E-state index contributed by atoms with van der Waals surface area (Å²) in [5.74, 6) is -0.882. The van der Waals surface area contributed by atoms with Crippen LogP contribution in [0, 0.1) is 6.92 Å². The molecule has 0 unspecified atom stereocenters. The lowest BCUT2D eigenvalue weighted by molar-refractivity contribution is 0.0690. The number of ether oxygens (including phenoxy) is 1. The molecule has 188 valence electrons. The lowest BCUT2D eigenvalue weighted by Crippen LogP contribution is -2.32. The van der Waals surface area contributed by atoms with Crippen molar-refractivity contribution >= 4 is 44.4 Å². The molecule has 0 atom stereocenters. The number of carboxylic acids is 1. The quantitative estimate of drug-likeness (QED) is 0.351. The highest BCUT2D eigenvalue weighted by Gasteiger charge is 2.28. The first-order valence-corrected chi connectivity index (χ1v) is 12.7. The predicted molar refractivity (Wildman–Crippen MR) is 136 cm³/mol. The Morgan fingerprint density at radius 3 is 2.61 bits per heavy atom. The summed E-state index contributed by atoms with van der Waals surface area (Å²) in [6.07, 6.45) is 0.529. The zero-order valence-corrected chi connectivity index (χ0v) is 21.2. The smallest absolute Gasteiger partial charge is 0.354 e. The van der Waals surface area contributed by atoms with Crippen molar-refractivity contribution in [2.45, 2.75) is 25.2 Å². The normalized spacial score (nSPS) is 11.6. The Morgan fingerprint density at radius 2 is 1.94 bits per heavy atom. The molecular weight excluding hydrogens is 508 g/mol. The van der Waals surface area contributed by atoms with Crippen molar-refractivity contribution in [3.63, 3.8) is 0 Å². The molecule has 36 heavy (non-hydrogen) atoms. The van der Waals surface area contributed by atoms with E-state index in [9.17, 15) is 23.1 Å². The molecule has 0 bridgehead atoms. The van der Waals surface area contributed by atoms with Crippen LogP contribution in [0.3, 0.4) is 0 Å². The monoisotopic (exact) mass is 530 g/mol. The predicted octanol–water partition coefficient (Wildman–Crippen LogP) is 3.99. The highest BCUT2D eigenvalue weighted by atomic mass is 35.5. The van der Waals surface area contributed by atoms with Gasteiger partial charge in [-0.1, -0.05) is 30.7 Å². The van der Waals surface area contributed by atoms with Crippen LogP contribution in [-0.4, -0.2) is 47.7 Å². The standard InChI is InChI=1S/C24H23ClN4O6S/c1-4-11-28(18-7-5-6-8-20(18)35-3)36(33,34)15-9-10-16(25)19(13-15)29-22-21(27-24(29)32)14(2)12-17(26-22)23(30)31/h5-10,12-13H,4,11H2,1-3H3,(H,27,32)(H,30,31). The van der Waals surface area contributed by atoms with Gasteiger partial charge in [0, 0.05) is 6.54 Å². The summed E-state index contributed by atoms with van der Waals surface area (Å²) in [7, 11) is -2.66. The Morgan fingerprint density at radius 1 is 1.22 bits per heavy atom. The van der Waals surface area contributed by atoms with E-state index in [0.717, 1.165) is 4.57 Å². The second kappa shape index (κ2) is 9.67. The summed E-state index contributed by atoms with van der Waals surface area (Å²) in [5, 5.41) is 9.50. The number of aromatic nitrogens is 3. The second-order valence-corrected chi connectivity index (χ2v) is 10.2. The van der Waals surface area contributed by atoms with Crippen molar-refractivity contribution in [3.8, 4) is 11.4 Å². The maximum Gasteiger partial charge on any atom is 0.354 e. The van der Waals surface area contributed by atoms with Crippen LogP contribution in [0.5, 0.6) is 5.75 Å². The van der Waals surface area contributed by atoms with Crippen molar-refractivity contribution in [1.29, 1.82) is 0 Å². The van der Waals surface area contributed by atoms with Gasteiger partial charge in [-0.3, -0.25) is 4.31 Å². The van der Waals surface area contributed by atoms with Crippen molar-refractivity contribution in [2.24, 2.45) is 0 Å². The molecule has 0 spiro atoms. The van der Waals surface area contributed by atoms with E-state index in [1.165, 1.54) is 35.7 Å². The molecule has 2 N–H and O–H groups in total. The maximum absolute atomic E-state index is 13.8. The number of aromatic amines is 1. The molecule has 4 rings (SSSR count). The Hall–Kier alpha value is -3.83. The Balaban J connectivity index is 1.94. The van der Waals surface area contributed by atoms with Crippen molar-refractivity contribution in [2.75, 3.05) is 18.0 Å². The number of nitrogens with zero attached hydrogens (tertiary/aromatic N) is 3. The molecule has 2 heterocycles. The highest BCUT2D eigenvalue weighted by molar-refractivity contribution is 7.92. The Bertz CT molecular complexity index is 1640. The molecule has 0 saturated carbocycles. The average Bonchev–Trinajstić information content (AvgIpc) is 3.18. The van der Waals surface area contributed by atoms with Crippen LogP contribution in [0.4, 0.5) is 5.69 Å². The van der Waals surface area contributed by atoms with Crippen LogP contribution in [0.2, 0.25) is 5.02 Å². The van der Waals surface area contributed by atoms with Crippen molar-refractivity contribution in [1.82, 2.24) is 14.5 Å². The third-order valence-electron chi connectivity index (χ3n) is 5.59. The van der Waals surface area contributed by atoms with E-state index in [4.69, 9.17) is 16.3 Å². The van der Waals surface area contributed by atoms with Gasteiger partial charge in [0.25, 0.3) is 10.0 Å². The molecule has 4 aromatic rings. The molecule has 0 fully saturated rings. The fourth-order valence-electron chi connectivity index (χ4n) is 3.92. The number of hydrogen-bond acceptors (Lipinski definition) is 6. The van der Waals surface area contributed by atoms with Gasteiger partial charge < -0.3 is 14.8 Å². The number of aryl methyl sites for hydroxylation is 1. The molecule has 10 nitrogen and oxygen atoms in total. The number of H-pyrrole nitrogens is 1. The number of aromatic carboxylic acids is 1. The summed E-state index contributed by atoms with van der Waals surface area (Å²) in [6, 6.07) is 12.1. The highest BCUT2D eigenvalue weighted by Crippen LogP contribution is 2.34. The van der Waals surface area contributed by atoms with Gasteiger partial charge in [-0.15, -0.1) is 0 Å². The van der Waals surface area contributed by atoms with Crippen molar-refractivity contribution in [3.05, 3.63) is 75.3 Å². The minimum Gasteiger partial charge on any atom is -0.495 e. The van der Waals surface area contributed by atoms with Crippen LogP contribution in [-0.2, 0) is 10.0 Å². The molecule has 2 aromatic heterocycles. The number of fused-ring (bicyclic) bond motifs is 1. The topological polar surface area (TPSA) is 135 Å². The number of para-hydroxylation sites is 2. The minimum absolute atomic E-state index is 0.0176. The van der Waals surface area contributed by atoms with Crippen LogP contribution in [0.1, 0.15) is 29.4 Å². The lowest BCUT2D eigenvalue weighted by atomic mass is 10.2. The number of rotatable bonds is 8. The number of imidazole rings is 1. The van der Waals surface area contributed by atoms with E-state index in [-0.39, 0.29) is 33.5 Å². The summed E-state index contributed by atoms with van der Waals surface area (Å²) in [6.45, 7) is 3.66. The minimum atomic E-state index is -4.12. The van der Waals surface area contributed by atoms with Gasteiger partial charge in [0.2, 0.25) is 0 Å². The van der Waals surface area contributed by atoms with E-state index in [1.807, 2.05) is 6.92 Å². The first-order valence-electron chi connectivity index (χ1n) is 10.9. The van der Waals surface area contributed by atoms with Gasteiger partial charge in [-0.2, -0.15) is 0 Å². The summed E-state index contributed by atoms with van der Waals surface area (Å²) in [5.41, 5.74) is 0.317. The Kier molecular flexibility index (Phi) is 6.79. The third-order valence-corrected chi connectivity index (χ3v) is 7.72. The number of nitrogens with one attached hydrogen (secondary N) is 1. The molecule has 0 radical (unpaired) electrons. The van der Waals surface area contributed by atoms with Gasteiger partial charge in [0.05, 0.1) is 33.9 Å². The van der Waals surface area contributed by atoms with Crippen LogP contribution in [0.15, 0.2) is 58.2 Å². The summed E-state index contributed by atoms with van der Waals surface area (Å²) in [4.78, 5) is 31.1. The first-order chi connectivity index (χ1) is 17.1. The number of carbonyl (C=O) groups is 1. The van der Waals surface area contributed by atoms with E-state index in [0.29, 0.717) is 28.9 Å². The lowest BCUT2D eigenvalue weighted by Gasteiger charge is -2.26. The number of benzene rings is 2. The van der Waals surface area contributed by atoms with Gasteiger partial charge in [-0.05, 0) is 55.3 Å². The average molecular weight is 531 g/mol. The molecule has 0 aliphatic rings. The zero-order chi connectivity index (χ0) is 26.2. The first kappa shape index (κ1) is 25.3. The second-order valence-electron chi connectivity index (χ2n) is 7.96. The summed E-state index contributed by atoms with van der Waals surface area (Å²) >= 11 is 6.41. The van der Waals surface area contributed by atoms with Crippen molar-refractivity contribution < 1.29 is 23.1 Å². The van der Waals surface area contributed by atoms with Crippen LogP contribution < -0.4 is 14.7 Å². The van der Waals surface area contributed by atoms with Gasteiger partial charge in [0.1, 0.15) is 5.75 Å². The molecule has 0 aliphatic carbocycles. The van der Waals surface area contributed by atoms with Gasteiger partial charge in [0.15, 0.2) is 11.3 Å². The fraction of sp³-hybridized carbons (Fsp3) is 0.208. The number of sulfonamides is 1. The number of hydrogen-bond donors (Lipinski definition) is 2. The maximum atomic E-state index is 13.8. The molecule has 0 aliphatic heterocycles. The van der Waals surface area contributed by atoms with E-state index in [1.54, 1.807) is 31.2 Å².